The van der Waals surface area contributed by atoms with Gasteiger partial charge in [0.15, 0.2) is 0 Å². The van der Waals surface area contributed by atoms with Gasteiger partial charge in [0, 0.05) is 0 Å². The fourth-order valence-corrected chi connectivity index (χ4v) is 3.05. The van der Waals surface area contributed by atoms with E-state index in [1.165, 1.54) is 29.7 Å². The summed E-state index contributed by atoms with van der Waals surface area (Å²) < 4.78 is 0. The summed E-state index contributed by atoms with van der Waals surface area (Å²) in [6.07, 6.45) is 2.45. The van der Waals surface area contributed by atoms with Gasteiger partial charge in [0.1, 0.15) is 0 Å². The minimum atomic E-state index is 0.715. The molecule has 101 valence electrons. The van der Waals surface area contributed by atoms with Crippen LogP contribution in [0.15, 0.2) is 18.2 Å². The second kappa shape index (κ2) is 5.91. The molecule has 1 heterocycles. The van der Waals surface area contributed by atoms with Gasteiger partial charge in [-0.2, -0.15) is 0 Å². The number of aryl methyl sites for hydroxylation is 1. The Balaban J connectivity index is 2.20. The van der Waals surface area contributed by atoms with Crippen LogP contribution < -0.4 is 4.90 Å². The predicted molar refractivity (Wildman–Crippen MR) is 85.6 cm³/mol. The Labute approximate surface area is 118 Å². The van der Waals surface area contributed by atoms with E-state index >= 15 is 0 Å². The molecule has 1 aromatic rings. The van der Waals surface area contributed by atoms with Crippen LogP contribution in [0.5, 0.6) is 0 Å². The molecule has 1 radical (unpaired) electrons. The fourth-order valence-electron chi connectivity index (χ4n) is 3.05. The van der Waals surface area contributed by atoms with Crippen LogP contribution in [0.4, 0.5) is 5.69 Å². The summed E-state index contributed by atoms with van der Waals surface area (Å²) in [6, 6.07) is 7.19. The molecule has 1 aliphatic heterocycles. The number of hydrogen-bond acceptors (Lipinski definition) is 2. The Morgan fingerprint density at radius 3 is 2.42 bits per heavy atom. The molecule has 0 amide bonds. The monoisotopic (exact) mass is 255 g/mol. The molecule has 1 aliphatic rings. The molecule has 3 heteroatoms. The van der Waals surface area contributed by atoms with Crippen molar-refractivity contribution >= 4 is 18.6 Å². The molecule has 19 heavy (non-hydrogen) atoms. The zero-order chi connectivity index (χ0) is 14.0. The Morgan fingerprint density at radius 1 is 1.26 bits per heavy atom. The Kier molecular flexibility index (Phi) is 4.46. The summed E-state index contributed by atoms with van der Waals surface area (Å²) in [7, 11) is 10.4. The number of nitrogens with zero attached hydrogens (tertiary/aromatic N) is 2. The number of piperidine rings is 1. The zero-order valence-corrected chi connectivity index (χ0v) is 12.6. The first-order chi connectivity index (χ1) is 9.00. The van der Waals surface area contributed by atoms with Crippen LogP contribution in [0.1, 0.15) is 30.9 Å². The van der Waals surface area contributed by atoms with E-state index in [4.69, 9.17) is 7.49 Å². The normalized spacial score (nSPS) is 16.9. The first-order valence-electron chi connectivity index (χ1n) is 7.11. The SMILES string of the molecule is [B]=C(C)c1c(C)cccc1N1CCC(N(C)C)CC1. The van der Waals surface area contributed by atoms with E-state index in [1.54, 1.807) is 0 Å². The van der Waals surface area contributed by atoms with Crippen LogP contribution in [0.3, 0.4) is 0 Å². The van der Waals surface area contributed by atoms with Crippen LogP contribution >= 0.6 is 0 Å². The van der Waals surface area contributed by atoms with Crippen LogP contribution in [0.25, 0.3) is 0 Å². The van der Waals surface area contributed by atoms with Gasteiger partial charge in [-0.1, -0.05) is 0 Å². The summed E-state index contributed by atoms with van der Waals surface area (Å²) in [6.45, 7) is 6.37. The molecule has 0 N–H and O–H groups in total. The van der Waals surface area contributed by atoms with Crippen LogP contribution in [-0.2, 0) is 0 Å². The molecule has 0 atom stereocenters. The van der Waals surface area contributed by atoms with Gasteiger partial charge in [-0.05, 0) is 0 Å². The number of anilines is 1. The maximum absolute atomic E-state index is 6.08. The Bertz CT molecular complexity index is 460. The summed E-state index contributed by atoms with van der Waals surface area (Å²) >= 11 is 0. The Hall–Kier alpha value is -1.09. The van der Waals surface area contributed by atoms with Crippen molar-refractivity contribution in [3.8, 4) is 0 Å². The van der Waals surface area contributed by atoms with Crippen molar-refractivity contribution in [1.29, 1.82) is 0 Å². The van der Waals surface area contributed by atoms with E-state index < -0.39 is 0 Å². The number of benzene rings is 1. The Morgan fingerprint density at radius 2 is 1.89 bits per heavy atom. The van der Waals surface area contributed by atoms with E-state index in [1.807, 2.05) is 6.92 Å². The molecule has 1 aromatic carbocycles. The third-order valence-corrected chi connectivity index (χ3v) is 4.18. The van der Waals surface area contributed by atoms with E-state index in [2.05, 4.69) is 49.0 Å². The average molecular weight is 255 g/mol. The first kappa shape index (κ1) is 14.3. The molecule has 0 saturated carbocycles. The molecular formula is C16H24BN2. The third kappa shape index (κ3) is 3.09. The standard InChI is InChI=1S/C16H24BN2/c1-12-6-5-7-15(16(12)13(2)17)19-10-8-14(9-11-19)18(3)4/h5-7,14H,8-11H2,1-4H3. The van der Waals surface area contributed by atoms with Gasteiger partial charge in [0.25, 0.3) is 0 Å². The molecule has 0 unspecified atom stereocenters. The fraction of sp³-hybridized carbons (Fsp3) is 0.562. The van der Waals surface area contributed by atoms with Crippen LogP contribution in [-0.4, -0.2) is 51.1 Å². The van der Waals surface area contributed by atoms with Crippen LogP contribution in [0, 0.1) is 6.92 Å². The van der Waals surface area contributed by atoms with Gasteiger partial charge in [-0.15, -0.1) is 0 Å². The molecular weight excluding hydrogens is 231 g/mol. The summed E-state index contributed by atoms with van der Waals surface area (Å²) in [5.41, 5.74) is 4.72. The average Bonchev–Trinajstić information content (AvgIpc) is 2.38. The molecule has 0 aromatic heterocycles. The summed E-state index contributed by atoms with van der Waals surface area (Å²) in [5, 5.41) is 0. The third-order valence-electron chi connectivity index (χ3n) is 4.18. The van der Waals surface area contributed by atoms with Crippen molar-refractivity contribution < 1.29 is 0 Å². The quantitative estimate of drug-likeness (QED) is 0.764. The van der Waals surface area contributed by atoms with Crippen molar-refractivity contribution in [2.45, 2.75) is 32.7 Å². The van der Waals surface area contributed by atoms with Gasteiger partial charge in [0.2, 0.25) is 0 Å². The second-order valence-corrected chi connectivity index (χ2v) is 5.83. The van der Waals surface area contributed by atoms with E-state index in [-0.39, 0.29) is 0 Å². The van der Waals surface area contributed by atoms with Gasteiger partial charge in [0.05, 0.1) is 0 Å². The maximum atomic E-state index is 6.08. The van der Waals surface area contributed by atoms with E-state index in [0.29, 0.717) is 6.04 Å². The minimum absolute atomic E-state index is 0.715. The molecule has 1 fully saturated rings. The second-order valence-electron chi connectivity index (χ2n) is 5.83. The van der Waals surface area contributed by atoms with Gasteiger partial charge >= 0.3 is 118 Å². The van der Waals surface area contributed by atoms with Crippen molar-refractivity contribution in [3.05, 3.63) is 29.3 Å². The van der Waals surface area contributed by atoms with E-state index in [9.17, 15) is 0 Å². The molecule has 0 spiro atoms. The topological polar surface area (TPSA) is 6.48 Å². The molecule has 2 rings (SSSR count). The number of rotatable bonds is 3. The van der Waals surface area contributed by atoms with Gasteiger partial charge in [-0.25, -0.2) is 0 Å². The zero-order valence-electron chi connectivity index (χ0n) is 12.6. The summed E-state index contributed by atoms with van der Waals surface area (Å²) in [4.78, 5) is 4.83. The van der Waals surface area contributed by atoms with E-state index in [0.717, 1.165) is 18.6 Å². The van der Waals surface area contributed by atoms with Gasteiger partial charge in [-0.3, -0.25) is 0 Å². The molecule has 1 saturated heterocycles. The van der Waals surface area contributed by atoms with Crippen molar-refractivity contribution in [1.82, 2.24) is 4.90 Å². The first-order valence-corrected chi connectivity index (χ1v) is 7.11. The van der Waals surface area contributed by atoms with Gasteiger partial charge < -0.3 is 0 Å². The van der Waals surface area contributed by atoms with Crippen molar-refractivity contribution in [2.75, 3.05) is 32.1 Å². The molecule has 0 aliphatic carbocycles. The predicted octanol–water partition coefficient (Wildman–Crippen LogP) is 2.23. The van der Waals surface area contributed by atoms with Crippen LogP contribution in [0.2, 0.25) is 0 Å². The summed E-state index contributed by atoms with van der Waals surface area (Å²) in [5.74, 6) is 0. The van der Waals surface area contributed by atoms with Crippen molar-refractivity contribution in [3.63, 3.8) is 0 Å². The molecule has 2 nitrogen and oxygen atoms in total. The molecule has 0 bridgehead atoms. The number of hydrogen-bond donors (Lipinski definition) is 0. The van der Waals surface area contributed by atoms with Crippen molar-refractivity contribution in [2.24, 2.45) is 0 Å².